The fourth-order valence-corrected chi connectivity index (χ4v) is 4.64. The minimum absolute atomic E-state index is 0.275. The molecule has 3 fully saturated rings. The van der Waals surface area contributed by atoms with Gasteiger partial charge in [-0.2, -0.15) is 0 Å². The second-order valence-electron chi connectivity index (χ2n) is 7.00. The van der Waals surface area contributed by atoms with Crippen LogP contribution in [0.3, 0.4) is 0 Å². The van der Waals surface area contributed by atoms with E-state index in [9.17, 15) is 9.90 Å². The summed E-state index contributed by atoms with van der Waals surface area (Å²) in [6.45, 7) is 6.16. The maximum atomic E-state index is 12.4. The average molecular weight is 264 g/mol. The molecule has 4 aliphatic rings. The zero-order valence-electron chi connectivity index (χ0n) is 11.6. The molecule has 4 nitrogen and oxygen atoms in total. The molecule has 19 heavy (non-hydrogen) atoms. The van der Waals surface area contributed by atoms with Crippen LogP contribution >= 0.6 is 0 Å². The van der Waals surface area contributed by atoms with Crippen LogP contribution in [0.2, 0.25) is 0 Å². The highest BCUT2D eigenvalue weighted by Gasteiger charge is 2.84. The molecule has 1 N–H and O–H groups in total. The molecule has 4 rings (SSSR count). The molecule has 1 spiro atoms. The highest BCUT2D eigenvalue weighted by molar-refractivity contribution is 5.85. The van der Waals surface area contributed by atoms with Crippen LogP contribution in [0.15, 0.2) is 11.6 Å². The zero-order valence-corrected chi connectivity index (χ0v) is 11.6. The molecule has 2 aliphatic heterocycles. The lowest BCUT2D eigenvalue weighted by atomic mass is 9.64. The summed E-state index contributed by atoms with van der Waals surface area (Å²) in [5, 5.41) is 11.0. The molecule has 2 heterocycles. The van der Waals surface area contributed by atoms with E-state index in [0.29, 0.717) is 12.3 Å². The van der Waals surface area contributed by atoms with Crippen LogP contribution < -0.4 is 0 Å². The first-order valence-electron chi connectivity index (χ1n) is 7.14. The van der Waals surface area contributed by atoms with E-state index in [0.717, 1.165) is 12.8 Å². The second-order valence-corrected chi connectivity index (χ2v) is 7.00. The van der Waals surface area contributed by atoms with Crippen molar-refractivity contribution in [3.8, 4) is 0 Å². The number of hydrogen-bond donors (Lipinski definition) is 1. The minimum Gasteiger partial charge on any atom is -0.432 e. The summed E-state index contributed by atoms with van der Waals surface area (Å²) < 4.78 is 10.9. The molecule has 0 aromatic heterocycles. The lowest BCUT2D eigenvalue weighted by Gasteiger charge is -2.41. The SMILES string of the molecule is CC1CCC=C2CC3(C(=O)OC4OC43C)C(O)C21C. The number of fused-ring (bicyclic) bond motifs is 3. The number of aliphatic hydroxyl groups is 1. The largest absolute Gasteiger partial charge is 0.432 e. The first-order chi connectivity index (χ1) is 8.87. The third kappa shape index (κ3) is 1.02. The monoisotopic (exact) mass is 264 g/mol. The maximum Gasteiger partial charge on any atom is 0.320 e. The topological polar surface area (TPSA) is 59.1 Å². The van der Waals surface area contributed by atoms with E-state index in [1.165, 1.54) is 5.57 Å². The highest BCUT2D eigenvalue weighted by atomic mass is 16.8. The summed E-state index contributed by atoms with van der Waals surface area (Å²) in [6, 6.07) is 0. The number of esters is 1. The molecule has 2 saturated heterocycles. The number of hydrogen-bond acceptors (Lipinski definition) is 4. The Kier molecular flexibility index (Phi) is 1.92. The van der Waals surface area contributed by atoms with E-state index in [4.69, 9.17) is 9.47 Å². The van der Waals surface area contributed by atoms with Crippen LogP contribution in [0.1, 0.15) is 40.0 Å². The van der Waals surface area contributed by atoms with Gasteiger partial charge in [-0.1, -0.05) is 25.5 Å². The average Bonchev–Trinajstić information content (AvgIpc) is 2.87. The third-order valence-electron chi connectivity index (χ3n) is 6.42. The molecule has 1 saturated carbocycles. The lowest BCUT2D eigenvalue weighted by Crippen LogP contribution is -2.51. The number of carbonyl (C=O) groups excluding carboxylic acids is 1. The van der Waals surface area contributed by atoms with Crippen molar-refractivity contribution in [3.05, 3.63) is 11.6 Å². The molecule has 0 aromatic carbocycles. The molecule has 0 aromatic rings. The van der Waals surface area contributed by atoms with E-state index in [2.05, 4.69) is 19.9 Å². The number of allylic oxidation sites excluding steroid dienone is 1. The Bertz CT molecular complexity index is 512. The van der Waals surface area contributed by atoms with Crippen molar-refractivity contribution in [2.45, 2.75) is 58.0 Å². The minimum atomic E-state index is -0.892. The van der Waals surface area contributed by atoms with Crippen LogP contribution in [0, 0.1) is 16.7 Å². The van der Waals surface area contributed by atoms with Crippen molar-refractivity contribution < 1.29 is 19.4 Å². The highest BCUT2D eigenvalue weighted by Crippen LogP contribution is 2.70. The van der Waals surface area contributed by atoms with Gasteiger partial charge in [0.25, 0.3) is 0 Å². The number of epoxide rings is 1. The van der Waals surface area contributed by atoms with Crippen molar-refractivity contribution in [2.24, 2.45) is 16.7 Å². The summed E-state index contributed by atoms with van der Waals surface area (Å²) >= 11 is 0. The molecule has 0 radical (unpaired) electrons. The molecule has 2 aliphatic carbocycles. The first-order valence-corrected chi connectivity index (χ1v) is 7.14. The van der Waals surface area contributed by atoms with Crippen molar-refractivity contribution in [3.63, 3.8) is 0 Å². The van der Waals surface area contributed by atoms with Crippen LogP contribution in [-0.2, 0) is 14.3 Å². The fourth-order valence-electron chi connectivity index (χ4n) is 4.64. The number of aliphatic hydroxyl groups excluding tert-OH is 1. The lowest BCUT2D eigenvalue weighted by molar-refractivity contribution is -0.171. The van der Waals surface area contributed by atoms with Crippen molar-refractivity contribution in [1.82, 2.24) is 0 Å². The zero-order chi connectivity index (χ0) is 13.6. The number of rotatable bonds is 0. The Morgan fingerprint density at radius 3 is 2.74 bits per heavy atom. The van der Waals surface area contributed by atoms with Gasteiger partial charge in [0.1, 0.15) is 5.41 Å². The normalized spacial score (nSPS) is 58.6. The number of carbonyl (C=O) groups is 1. The molecular weight excluding hydrogens is 244 g/mol. The fraction of sp³-hybridized carbons (Fsp3) is 0.800. The van der Waals surface area contributed by atoms with Crippen LogP contribution in [-0.4, -0.2) is 29.1 Å². The Morgan fingerprint density at radius 2 is 2.16 bits per heavy atom. The van der Waals surface area contributed by atoms with E-state index in [1.54, 1.807) is 0 Å². The van der Waals surface area contributed by atoms with E-state index < -0.39 is 23.4 Å². The van der Waals surface area contributed by atoms with Gasteiger partial charge < -0.3 is 14.6 Å². The van der Waals surface area contributed by atoms with Gasteiger partial charge in [-0.25, -0.2) is 0 Å². The predicted octanol–water partition coefficient (Wildman–Crippen LogP) is 1.77. The quantitative estimate of drug-likeness (QED) is 0.411. The Balaban J connectivity index is 1.88. The summed E-state index contributed by atoms with van der Waals surface area (Å²) in [7, 11) is 0. The third-order valence-corrected chi connectivity index (χ3v) is 6.42. The first kappa shape index (κ1) is 11.9. The molecule has 104 valence electrons. The van der Waals surface area contributed by atoms with Crippen LogP contribution in [0.25, 0.3) is 0 Å². The Hall–Kier alpha value is -0.870. The van der Waals surface area contributed by atoms with Gasteiger partial charge in [0, 0.05) is 5.41 Å². The van der Waals surface area contributed by atoms with E-state index in [1.807, 2.05) is 6.92 Å². The van der Waals surface area contributed by atoms with Gasteiger partial charge in [-0.05, 0) is 32.1 Å². The summed E-state index contributed by atoms with van der Waals surface area (Å²) in [4.78, 5) is 12.4. The van der Waals surface area contributed by atoms with Gasteiger partial charge in [-0.3, -0.25) is 4.79 Å². The molecule has 0 amide bonds. The van der Waals surface area contributed by atoms with E-state index in [-0.39, 0.29) is 11.4 Å². The molecule has 6 atom stereocenters. The maximum absolute atomic E-state index is 12.4. The van der Waals surface area contributed by atoms with Crippen molar-refractivity contribution in [2.75, 3.05) is 0 Å². The summed E-state index contributed by atoms with van der Waals surface area (Å²) in [5.74, 6) is 0.0959. The van der Waals surface area contributed by atoms with Crippen LogP contribution in [0.4, 0.5) is 0 Å². The van der Waals surface area contributed by atoms with Gasteiger partial charge in [0.2, 0.25) is 6.29 Å². The predicted molar refractivity (Wildman–Crippen MR) is 67.0 cm³/mol. The smallest absolute Gasteiger partial charge is 0.320 e. The van der Waals surface area contributed by atoms with E-state index >= 15 is 0 Å². The van der Waals surface area contributed by atoms with Crippen molar-refractivity contribution in [1.29, 1.82) is 0 Å². The molecule has 0 bridgehead atoms. The Morgan fingerprint density at radius 1 is 1.42 bits per heavy atom. The molecule has 6 unspecified atom stereocenters. The standard InChI is InChI=1S/C15H20O4/c1-8-5-4-6-9-7-15(10(16)13(8,9)2)11(17)18-12-14(15,3)19-12/h6,8,10,12,16H,4-5,7H2,1-3H3. The second kappa shape index (κ2) is 3.07. The number of ether oxygens (including phenoxy) is 2. The van der Waals surface area contributed by atoms with Gasteiger partial charge in [0.05, 0.1) is 6.10 Å². The molecular formula is C15H20O4. The Labute approximate surface area is 112 Å². The molecule has 4 heteroatoms. The summed E-state index contributed by atoms with van der Waals surface area (Å²) in [5.41, 5.74) is -0.629. The van der Waals surface area contributed by atoms with Gasteiger partial charge in [-0.15, -0.1) is 0 Å². The van der Waals surface area contributed by atoms with Gasteiger partial charge >= 0.3 is 5.97 Å². The van der Waals surface area contributed by atoms with Crippen molar-refractivity contribution >= 4 is 5.97 Å². The van der Waals surface area contributed by atoms with Gasteiger partial charge in [0.15, 0.2) is 5.60 Å². The van der Waals surface area contributed by atoms with Crippen LogP contribution in [0.5, 0.6) is 0 Å². The summed E-state index contributed by atoms with van der Waals surface area (Å²) in [6.07, 6.45) is 3.72.